The molecule has 0 fully saturated rings. The number of amides is 1. The standard InChI is InChI=1S/C21H20FN3O2S/c1-27-19-6-5-16-11-25(8-7-14(16)10-19)12-18-13-28-21(23-18)24-20(26)15-3-2-4-17(22)9-15/h2-6,9-10,13H,7-8,11-12H2,1H3,(H,23,24,26). The Balaban J connectivity index is 1.38. The van der Waals surface area contributed by atoms with Gasteiger partial charge in [0.15, 0.2) is 5.13 Å². The molecule has 0 spiro atoms. The molecule has 0 unspecified atom stereocenters. The van der Waals surface area contributed by atoms with Gasteiger partial charge in [0.05, 0.1) is 12.8 Å². The molecule has 1 aromatic heterocycles. The Morgan fingerprint density at radius 3 is 3.00 bits per heavy atom. The van der Waals surface area contributed by atoms with E-state index in [1.54, 1.807) is 13.2 Å². The Bertz CT molecular complexity index is 1000. The number of hydrogen-bond donors (Lipinski definition) is 1. The highest BCUT2D eigenvalue weighted by molar-refractivity contribution is 7.13. The smallest absolute Gasteiger partial charge is 0.257 e. The summed E-state index contributed by atoms with van der Waals surface area (Å²) >= 11 is 1.38. The lowest BCUT2D eigenvalue weighted by Crippen LogP contribution is -2.30. The topological polar surface area (TPSA) is 54.5 Å². The number of thiazole rings is 1. The van der Waals surface area contributed by atoms with Crippen LogP contribution in [0.1, 0.15) is 27.2 Å². The molecule has 28 heavy (non-hydrogen) atoms. The lowest BCUT2D eigenvalue weighted by Gasteiger charge is -2.28. The molecule has 4 rings (SSSR count). The SMILES string of the molecule is COc1ccc2c(c1)CCN(Cc1csc(NC(=O)c3cccc(F)c3)n1)C2. The molecule has 0 atom stereocenters. The second kappa shape index (κ2) is 8.08. The largest absolute Gasteiger partial charge is 0.497 e. The van der Waals surface area contributed by atoms with E-state index in [1.807, 2.05) is 11.4 Å². The molecule has 3 aromatic rings. The predicted octanol–water partition coefficient (Wildman–Crippen LogP) is 4.10. The summed E-state index contributed by atoms with van der Waals surface area (Å²) in [7, 11) is 1.68. The first-order valence-corrected chi connectivity index (χ1v) is 9.88. The van der Waals surface area contributed by atoms with Crippen molar-refractivity contribution in [1.82, 2.24) is 9.88 Å². The first-order chi connectivity index (χ1) is 13.6. The highest BCUT2D eigenvalue weighted by atomic mass is 32.1. The van der Waals surface area contributed by atoms with E-state index < -0.39 is 5.82 Å². The number of nitrogens with zero attached hydrogens (tertiary/aromatic N) is 2. The molecule has 144 valence electrons. The summed E-state index contributed by atoms with van der Waals surface area (Å²) in [4.78, 5) is 19.1. The molecule has 5 nitrogen and oxygen atoms in total. The van der Waals surface area contributed by atoms with Crippen molar-refractivity contribution in [1.29, 1.82) is 0 Å². The van der Waals surface area contributed by atoms with E-state index in [4.69, 9.17) is 4.74 Å². The van der Waals surface area contributed by atoms with E-state index in [-0.39, 0.29) is 11.5 Å². The predicted molar refractivity (Wildman–Crippen MR) is 107 cm³/mol. The van der Waals surface area contributed by atoms with E-state index in [9.17, 15) is 9.18 Å². The van der Waals surface area contributed by atoms with Crippen LogP contribution in [0.15, 0.2) is 47.8 Å². The van der Waals surface area contributed by atoms with Gasteiger partial charge in [0.2, 0.25) is 0 Å². The summed E-state index contributed by atoms with van der Waals surface area (Å²) in [6, 6.07) is 11.8. The average molecular weight is 397 g/mol. The lowest BCUT2D eigenvalue weighted by molar-refractivity contribution is 0.102. The van der Waals surface area contributed by atoms with Crippen molar-refractivity contribution in [2.75, 3.05) is 19.0 Å². The number of anilines is 1. The van der Waals surface area contributed by atoms with Gasteiger partial charge in [0.25, 0.3) is 5.91 Å². The summed E-state index contributed by atoms with van der Waals surface area (Å²) in [6.45, 7) is 2.53. The van der Waals surface area contributed by atoms with Crippen LogP contribution in [0.5, 0.6) is 5.75 Å². The average Bonchev–Trinajstić information content (AvgIpc) is 3.14. The maximum atomic E-state index is 13.3. The van der Waals surface area contributed by atoms with Gasteiger partial charge in [-0.15, -0.1) is 11.3 Å². The zero-order valence-electron chi connectivity index (χ0n) is 15.4. The number of aromatic nitrogens is 1. The minimum absolute atomic E-state index is 0.278. The molecule has 2 aromatic carbocycles. The van der Waals surface area contributed by atoms with Crippen molar-refractivity contribution in [3.05, 3.63) is 76.0 Å². The van der Waals surface area contributed by atoms with Crippen LogP contribution in [-0.4, -0.2) is 29.4 Å². The van der Waals surface area contributed by atoms with E-state index in [0.717, 1.165) is 37.5 Å². The van der Waals surface area contributed by atoms with Crippen molar-refractivity contribution in [2.24, 2.45) is 0 Å². The molecule has 0 saturated heterocycles. The highest BCUT2D eigenvalue weighted by Crippen LogP contribution is 2.25. The first kappa shape index (κ1) is 18.6. The van der Waals surface area contributed by atoms with Crippen molar-refractivity contribution in [3.63, 3.8) is 0 Å². The van der Waals surface area contributed by atoms with E-state index in [0.29, 0.717) is 5.13 Å². The number of fused-ring (bicyclic) bond motifs is 1. The third-order valence-electron chi connectivity index (χ3n) is 4.75. The Labute approximate surface area is 166 Å². The number of nitrogens with one attached hydrogen (secondary N) is 1. The maximum Gasteiger partial charge on any atom is 0.257 e. The Kier molecular flexibility index (Phi) is 5.36. The van der Waals surface area contributed by atoms with Crippen LogP contribution in [0.2, 0.25) is 0 Å². The van der Waals surface area contributed by atoms with Gasteiger partial charge < -0.3 is 4.74 Å². The number of carbonyl (C=O) groups excluding carboxylic acids is 1. The van der Waals surface area contributed by atoms with Crippen LogP contribution >= 0.6 is 11.3 Å². The fourth-order valence-corrected chi connectivity index (χ4v) is 4.01. The monoisotopic (exact) mass is 397 g/mol. The second-order valence-corrected chi connectivity index (χ2v) is 7.56. The fraction of sp³-hybridized carbons (Fsp3) is 0.238. The summed E-state index contributed by atoms with van der Waals surface area (Å²) < 4.78 is 18.6. The van der Waals surface area contributed by atoms with Crippen LogP contribution in [0.4, 0.5) is 9.52 Å². The third kappa shape index (κ3) is 4.21. The summed E-state index contributed by atoms with van der Waals surface area (Å²) in [5, 5.41) is 5.21. The molecular weight excluding hydrogens is 377 g/mol. The molecule has 0 bridgehead atoms. The number of rotatable bonds is 5. The zero-order valence-corrected chi connectivity index (χ0v) is 16.3. The molecule has 7 heteroatoms. The minimum Gasteiger partial charge on any atom is -0.497 e. The number of ether oxygens (including phenoxy) is 1. The van der Waals surface area contributed by atoms with Crippen molar-refractivity contribution in [3.8, 4) is 5.75 Å². The van der Waals surface area contributed by atoms with Crippen LogP contribution in [-0.2, 0) is 19.5 Å². The number of methoxy groups -OCH3 is 1. The Morgan fingerprint density at radius 1 is 1.29 bits per heavy atom. The van der Waals surface area contributed by atoms with Crippen LogP contribution in [0, 0.1) is 5.82 Å². The maximum absolute atomic E-state index is 13.3. The van der Waals surface area contributed by atoms with Gasteiger partial charge >= 0.3 is 0 Å². The molecule has 1 N–H and O–H groups in total. The van der Waals surface area contributed by atoms with Crippen LogP contribution in [0.3, 0.4) is 0 Å². The Hall–Kier alpha value is -2.77. The lowest BCUT2D eigenvalue weighted by atomic mass is 9.99. The minimum atomic E-state index is -0.435. The molecule has 0 saturated carbocycles. The van der Waals surface area contributed by atoms with Gasteiger partial charge in [0, 0.05) is 30.6 Å². The first-order valence-electron chi connectivity index (χ1n) is 9.00. The molecule has 2 heterocycles. The van der Waals surface area contributed by atoms with E-state index in [2.05, 4.69) is 27.3 Å². The van der Waals surface area contributed by atoms with Gasteiger partial charge in [-0.3, -0.25) is 15.0 Å². The summed E-state index contributed by atoms with van der Waals surface area (Å²) in [5.74, 6) is 0.0992. The molecule has 1 aliphatic heterocycles. The second-order valence-electron chi connectivity index (χ2n) is 6.70. The van der Waals surface area contributed by atoms with Gasteiger partial charge in [-0.05, 0) is 47.9 Å². The Morgan fingerprint density at radius 2 is 2.18 bits per heavy atom. The van der Waals surface area contributed by atoms with Crippen molar-refractivity contribution >= 4 is 22.4 Å². The molecule has 1 aliphatic rings. The molecular formula is C21H20FN3O2S. The molecule has 0 aliphatic carbocycles. The van der Waals surface area contributed by atoms with Crippen molar-refractivity contribution < 1.29 is 13.9 Å². The van der Waals surface area contributed by atoms with Crippen molar-refractivity contribution in [2.45, 2.75) is 19.5 Å². The molecule has 1 amide bonds. The number of halogens is 1. The van der Waals surface area contributed by atoms with Gasteiger partial charge in [-0.25, -0.2) is 9.37 Å². The van der Waals surface area contributed by atoms with Gasteiger partial charge in [-0.2, -0.15) is 0 Å². The fourth-order valence-electron chi connectivity index (χ4n) is 3.31. The van der Waals surface area contributed by atoms with E-state index >= 15 is 0 Å². The van der Waals surface area contributed by atoms with Crippen LogP contribution < -0.4 is 10.1 Å². The summed E-state index contributed by atoms with van der Waals surface area (Å²) in [5.41, 5.74) is 3.83. The van der Waals surface area contributed by atoms with Gasteiger partial charge in [-0.1, -0.05) is 12.1 Å². The number of benzene rings is 2. The highest BCUT2D eigenvalue weighted by Gasteiger charge is 2.18. The van der Waals surface area contributed by atoms with Crippen LogP contribution in [0.25, 0.3) is 0 Å². The van der Waals surface area contributed by atoms with E-state index in [1.165, 1.54) is 40.7 Å². The zero-order chi connectivity index (χ0) is 19.5. The quantitative estimate of drug-likeness (QED) is 0.704. The number of carbonyl (C=O) groups is 1. The number of hydrogen-bond acceptors (Lipinski definition) is 5. The molecule has 0 radical (unpaired) electrons. The normalized spacial score (nSPS) is 13.8. The summed E-state index contributed by atoms with van der Waals surface area (Å²) in [6.07, 6.45) is 0.972. The third-order valence-corrected chi connectivity index (χ3v) is 5.56. The van der Waals surface area contributed by atoms with Gasteiger partial charge in [0.1, 0.15) is 11.6 Å².